The molecule has 2 amide bonds. The van der Waals surface area contributed by atoms with Crippen LogP contribution in [-0.4, -0.2) is 89.5 Å². The molecule has 0 unspecified atom stereocenters. The van der Waals surface area contributed by atoms with E-state index in [4.69, 9.17) is 16.6 Å². The van der Waals surface area contributed by atoms with Crippen molar-refractivity contribution in [3.63, 3.8) is 0 Å². The number of halogens is 5. The van der Waals surface area contributed by atoms with Gasteiger partial charge < -0.3 is 24.6 Å². The van der Waals surface area contributed by atoms with Crippen LogP contribution in [0.3, 0.4) is 0 Å². The summed E-state index contributed by atoms with van der Waals surface area (Å²) in [7, 11) is 3.52. The lowest BCUT2D eigenvalue weighted by Crippen LogP contribution is -2.57. The normalized spacial score (nSPS) is 18.4. The standard InChI is InChI=1S/C22H22F2N6O.C13H17ClN4O.C9H6F2N2/c1-3-17-21(31)28(2)18-12-26-22(27-20(18)30(17)14-5-4-6-14)29-10-9-25-19(29)13-7-8-15(23)16(24)11-13;1-3-9-12(19)17(2)10-7-15-13(14)16-11(10)18(9)8-5-4-6-8;10-7-2-1-6(5-8(7)11)9-12-3-4-13-9/h7-12,14,17H,3-6H2,1-2H3;7-9H,3-6H2,1-2H3;1-5H,(H,12,13)/t17-;9-;/m11./s1. The lowest BCUT2D eigenvalue weighted by molar-refractivity contribution is -0.121. The number of amides is 2. The molecule has 2 aliphatic carbocycles. The van der Waals surface area contributed by atoms with Crippen LogP contribution < -0.4 is 19.6 Å². The highest BCUT2D eigenvalue weighted by molar-refractivity contribution is 6.28. The van der Waals surface area contributed by atoms with E-state index in [1.54, 1.807) is 65.6 Å². The molecule has 6 heterocycles. The number of hydrogen-bond acceptors (Lipinski definition) is 10. The Morgan fingerprint density at radius 2 is 1.22 bits per heavy atom. The predicted molar refractivity (Wildman–Crippen MR) is 231 cm³/mol. The van der Waals surface area contributed by atoms with E-state index in [0.29, 0.717) is 52.7 Å². The van der Waals surface area contributed by atoms with E-state index in [-0.39, 0.29) is 35.2 Å². The Kier molecular flexibility index (Phi) is 12.4. The Balaban J connectivity index is 0.000000144. The zero-order valence-corrected chi connectivity index (χ0v) is 35.8. The fourth-order valence-electron chi connectivity index (χ4n) is 8.20. The largest absolute Gasteiger partial charge is 0.345 e. The third kappa shape index (κ3) is 8.31. The number of hydrogen-bond donors (Lipinski definition) is 1. The Morgan fingerprint density at radius 3 is 1.73 bits per heavy atom. The molecule has 1 N–H and O–H groups in total. The lowest BCUT2D eigenvalue weighted by Gasteiger charge is -2.47. The number of imidazole rings is 2. The van der Waals surface area contributed by atoms with Crippen LogP contribution in [0.1, 0.15) is 65.2 Å². The van der Waals surface area contributed by atoms with Crippen LogP contribution in [0, 0.1) is 23.3 Å². The number of fused-ring (bicyclic) bond motifs is 2. The Bertz CT molecular complexity index is 2620. The van der Waals surface area contributed by atoms with E-state index in [2.05, 4.69) is 39.7 Å². The van der Waals surface area contributed by atoms with Gasteiger partial charge in [-0.2, -0.15) is 9.97 Å². The van der Waals surface area contributed by atoms with Crippen LogP contribution in [0.4, 0.5) is 40.6 Å². The van der Waals surface area contributed by atoms with Gasteiger partial charge in [0.05, 0.1) is 12.4 Å². The van der Waals surface area contributed by atoms with Gasteiger partial charge in [-0.3, -0.25) is 14.2 Å². The first-order valence-corrected chi connectivity index (χ1v) is 21.2. The van der Waals surface area contributed by atoms with Gasteiger partial charge in [-0.05, 0) is 99.4 Å². The number of nitrogens with zero attached hydrogens (tertiary/aromatic N) is 11. The molecule has 0 radical (unpaired) electrons. The Morgan fingerprint density at radius 1 is 0.683 bits per heavy atom. The van der Waals surface area contributed by atoms with Gasteiger partial charge in [-0.1, -0.05) is 13.8 Å². The molecule has 2 aliphatic heterocycles. The zero-order valence-electron chi connectivity index (χ0n) is 35.0. The maximum Gasteiger partial charge on any atom is 0.249 e. The number of nitrogens with one attached hydrogen (secondary N) is 1. The third-order valence-electron chi connectivity index (χ3n) is 12.0. The molecule has 6 aromatic rings. The molecule has 2 saturated carbocycles. The predicted octanol–water partition coefficient (Wildman–Crippen LogP) is 8.32. The second-order valence-corrected chi connectivity index (χ2v) is 16.0. The summed E-state index contributed by atoms with van der Waals surface area (Å²) in [5, 5.41) is 0.237. The second kappa shape index (κ2) is 18.1. The van der Waals surface area contributed by atoms with Crippen molar-refractivity contribution >= 4 is 46.4 Å². The summed E-state index contributed by atoms with van der Waals surface area (Å²) < 4.78 is 54.1. The molecule has 14 nitrogen and oxygen atoms in total. The summed E-state index contributed by atoms with van der Waals surface area (Å²) in [4.78, 5) is 61.6. The smallest absolute Gasteiger partial charge is 0.249 e. The molecule has 0 spiro atoms. The molecule has 19 heteroatoms. The molecule has 2 fully saturated rings. The fourth-order valence-corrected chi connectivity index (χ4v) is 8.33. The van der Waals surface area contributed by atoms with E-state index >= 15 is 0 Å². The summed E-state index contributed by atoms with van der Waals surface area (Å²) in [6.45, 7) is 4.04. The summed E-state index contributed by atoms with van der Waals surface area (Å²) in [5.74, 6) is -0.604. The number of benzene rings is 2. The summed E-state index contributed by atoms with van der Waals surface area (Å²) >= 11 is 5.93. The molecule has 63 heavy (non-hydrogen) atoms. The zero-order chi connectivity index (χ0) is 44.5. The van der Waals surface area contributed by atoms with Crippen molar-refractivity contribution in [3.8, 4) is 28.7 Å². The number of carbonyl (C=O) groups excluding carboxylic acids is 2. The van der Waals surface area contributed by atoms with Gasteiger partial charge in [-0.15, -0.1) is 0 Å². The average Bonchev–Trinajstić information content (AvgIpc) is 3.97. The molecular weight excluding hydrogens is 840 g/mol. The maximum absolute atomic E-state index is 13.8. The van der Waals surface area contributed by atoms with Crippen LogP contribution in [0.2, 0.25) is 5.28 Å². The average molecular weight is 885 g/mol. The summed E-state index contributed by atoms with van der Waals surface area (Å²) in [6, 6.07) is 7.58. The molecule has 0 bridgehead atoms. The van der Waals surface area contributed by atoms with Gasteiger partial charge in [0, 0.05) is 62.1 Å². The second-order valence-electron chi connectivity index (χ2n) is 15.7. The van der Waals surface area contributed by atoms with Gasteiger partial charge in [0.25, 0.3) is 0 Å². The molecule has 0 saturated heterocycles. The quantitative estimate of drug-likeness (QED) is 0.123. The van der Waals surface area contributed by atoms with Crippen molar-refractivity contribution in [1.29, 1.82) is 0 Å². The topological polar surface area (TPSA) is 145 Å². The lowest BCUT2D eigenvalue weighted by atomic mass is 9.88. The van der Waals surface area contributed by atoms with Gasteiger partial charge in [-0.25, -0.2) is 37.5 Å². The number of anilines is 4. The third-order valence-corrected chi connectivity index (χ3v) is 12.2. The summed E-state index contributed by atoms with van der Waals surface area (Å²) in [5.41, 5.74) is 2.37. The van der Waals surface area contributed by atoms with E-state index in [0.717, 1.165) is 74.3 Å². The van der Waals surface area contributed by atoms with Crippen LogP contribution >= 0.6 is 11.6 Å². The first kappa shape index (κ1) is 43.2. The first-order valence-electron chi connectivity index (χ1n) is 20.8. The highest BCUT2D eigenvalue weighted by atomic mass is 35.5. The van der Waals surface area contributed by atoms with E-state index in [1.165, 1.54) is 18.6 Å². The number of H-pyrrole nitrogens is 1. The molecular formula is C44H45ClF4N12O2. The monoisotopic (exact) mass is 884 g/mol. The van der Waals surface area contributed by atoms with Crippen LogP contribution in [0.25, 0.3) is 28.7 Å². The SMILES string of the molecule is CC[C@@H]1C(=O)N(C)c2cnc(-n3ccnc3-c3ccc(F)c(F)c3)nc2N1C1CCC1.CC[C@@H]1C(=O)N(C)c2cnc(Cl)nc2N1C1CCC1.Fc1ccc(-c2ncc[nH]2)cc1F. The van der Waals surface area contributed by atoms with E-state index < -0.39 is 23.3 Å². The molecule has 4 aliphatic rings. The van der Waals surface area contributed by atoms with Gasteiger partial charge in [0.15, 0.2) is 34.9 Å². The van der Waals surface area contributed by atoms with E-state index in [1.807, 2.05) is 13.8 Å². The number of aromatic nitrogens is 8. The Hall–Kier alpha value is -6.43. The number of likely N-dealkylation sites (N-methyl/N-ethyl adjacent to an activating group) is 2. The summed E-state index contributed by atoms with van der Waals surface area (Å²) in [6.07, 6.45) is 17.8. The Labute approximate surface area is 366 Å². The first-order chi connectivity index (χ1) is 30.4. The van der Waals surface area contributed by atoms with Crippen molar-refractivity contribution in [1.82, 2.24) is 39.5 Å². The van der Waals surface area contributed by atoms with Crippen LogP contribution in [-0.2, 0) is 9.59 Å². The minimum atomic E-state index is -0.944. The number of carbonyl (C=O) groups is 2. The molecule has 328 valence electrons. The van der Waals surface area contributed by atoms with Crippen LogP contribution in [0.15, 0.2) is 73.6 Å². The van der Waals surface area contributed by atoms with Crippen molar-refractivity contribution in [3.05, 3.63) is 102 Å². The van der Waals surface area contributed by atoms with E-state index in [9.17, 15) is 27.2 Å². The fraction of sp³-hybridized carbons (Fsp3) is 0.364. The highest BCUT2D eigenvalue weighted by Crippen LogP contribution is 2.42. The maximum atomic E-state index is 13.8. The minimum Gasteiger partial charge on any atom is -0.345 e. The molecule has 10 rings (SSSR count). The molecule has 4 aromatic heterocycles. The van der Waals surface area contributed by atoms with Gasteiger partial charge in [0.2, 0.25) is 23.0 Å². The van der Waals surface area contributed by atoms with Crippen LogP contribution in [0.5, 0.6) is 0 Å². The number of rotatable bonds is 7. The molecule has 2 aromatic carbocycles. The van der Waals surface area contributed by atoms with Crippen molar-refractivity contribution < 1.29 is 27.2 Å². The van der Waals surface area contributed by atoms with Crippen molar-refractivity contribution in [2.75, 3.05) is 33.7 Å². The highest BCUT2D eigenvalue weighted by Gasteiger charge is 2.43. The molecule has 2 atom stereocenters. The van der Waals surface area contributed by atoms with Gasteiger partial charge >= 0.3 is 0 Å². The van der Waals surface area contributed by atoms with Crippen molar-refractivity contribution in [2.45, 2.75) is 89.4 Å². The van der Waals surface area contributed by atoms with Crippen molar-refractivity contribution in [2.24, 2.45) is 0 Å². The number of aromatic amines is 1. The minimum absolute atomic E-state index is 0.0448. The van der Waals surface area contributed by atoms with Gasteiger partial charge in [0.1, 0.15) is 35.1 Å².